The van der Waals surface area contributed by atoms with Gasteiger partial charge in [-0.1, -0.05) is 15.9 Å². The fourth-order valence-electron chi connectivity index (χ4n) is 1.01. The minimum absolute atomic E-state index is 0.130. The number of hydrogen-bond donors (Lipinski definition) is 0. The molecule has 6 heteroatoms. The second-order valence-electron chi connectivity index (χ2n) is 2.59. The van der Waals surface area contributed by atoms with Crippen LogP contribution in [0.4, 0.5) is 14.5 Å². The number of nitro benzene ring substituents is 1. The molecule has 0 aliphatic rings. The minimum atomic E-state index is -1.01. The molecule has 1 aromatic carbocycles. The number of nitro groups is 1. The van der Waals surface area contributed by atoms with Gasteiger partial charge in [-0.25, -0.2) is 4.39 Å². The number of nitrogens with zero attached hydrogens (tertiary/aromatic N) is 1. The van der Waals surface area contributed by atoms with Crippen molar-refractivity contribution in [1.29, 1.82) is 0 Å². The lowest BCUT2D eigenvalue weighted by atomic mass is 10.1. The molecule has 0 aromatic heterocycles. The Bertz CT molecular complexity index is 371. The first-order valence-corrected chi connectivity index (χ1v) is 4.86. The van der Waals surface area contributed by atoms with Crippen LogP contribution in [0.25, 0.3) is 0 Å². The summed E-state index contributed by atoms with van der Waals surface area (Å²) in [7, 11) is 0. The van der Waals surface area contributed by atoms with Crippen molar-refractivity contribution in [3.63, 3.8) is 0 Å². The summed E-state index contributed by atoms with van der Waals surface area (Å²) < 4.78 is 26.1. The van der Waals surface area contributed by atoms with Gasteiger partial charge in [0.25, 0.3) is 0 Å². The molecule has 0 amide bonds. The van der Waals surface area contributed by atoms with Crippen LogP contribution >= 0.6 is 15.9 Å². The fourth-order valence-corrected chi connectivity index (χ4v) is 1.44. The molecule has 0 atom stereocenters. The fraction of sp³-hybridized carbons (Fsp3) is 0.250. The van der Waals surface area contributed by atoms with Crippen molar-refractivity contribution < 1.29 is 13.7 Å². The summed E-state index contributed by atoms with van der Waals surface area (Å²) in [5, 5.41) is 10.7. The molecule has 0 spiro atoms. The van der Waals surface area contributed by atoms with Crippen LogP contribution in [0.1, 0.15) is 5.56 Å². The van der Waals surface area contributed by atoms with E-state index in [1.807, 2.05) is 0 Å². The van der Waals surface area contributed by atoms with E-state index in [1.165, 1.54) is 0 Å². The zero-order valence-corrected chi connectivity index (χ0v) is 8.55. The van der Waals surface area contributed by atoms with Gasteiger partial charge in [0, 0.05) is 5.33 Å². The van der Waals surface area contributed by atoms with Crippen LogP contribution in [-0.4, -0.2) is 10.3 Å². The molecular formula is C8H6BrF2NO2. The SMILES string of the molecule is O=[N+]([O-])c1cc(F)c(CCBr)cc1F. The van der Waals surface area contributed by atoms with Gasteiger partial charge in [-0.15, -0.1) is 0 Å². The number of alkyl halides is 1. The molecular weight excluding hydrogens is 260 g/mol. The third kappa shape index (κ3) is 2.25. The molecule has 0 aliphatic carbocycles. The van der Waals surface area contributed by atoms with E-state index in [1.54, 1.807) is 0 Å². The Hall–Kier alpha value is -1.04. The molecule has 0 fully saturated rings. The molecule has 0 heterocycles. The predicted octanol–water partition coefficient (Wildman–Crippen LogP) is 2.81. The van der Waals surface area contributed by atoms with Crippen LogP contribution in [0.5, 0.6) is 0 Å². The van der Waals surface area contributed by atoms with Crippen LogP contribution in [0.3, 0.4) is 0 Å². The first kappa shape index (κ1) is 11.0. The number of hydrogen-bond acceptors (Lipinski definition) is 2. The van der Waals surface area contributed by atoms with E-state index in [2.05, 4.69) is 15.9 Å². The van der Waals surface area contributed by atoms with Crippen molar-refractivity contribution in [1.82, 2.24) is 0 Å². The van der Waals surface area contributed by atoms with Crippen molar-refractivity contribution in [2.24, 2.45) is 0 Å². The Morgan fingerprint density at radius 2 is 2.00 bits per heavy atom. The van der Waals surface area contributed by atoms with Crippen LogP contribution in [0.15, 0.2) is 12.1 Å². The van der Waals surface area contributed by atoms with Gasteiger partial charge in [0.2, 0.25) is 5.82 Å². The summed E-state index contributed by atoms with van der Waals surface area (Å²) in [5.41, 5.74) is -0.703. The van der Waals surface area contributed by atoms with E-state index in [0.29, 0.717) is 17.8 Å². The Morgan fingerprint density at radius 1 is 1.36 bits per heavy atom. The molecule has 0 unspecified atom stereocenters. The predicted molar refractivity (Wildman–Crippen MR) is 50.5 cm³/mol. The number of aryl methyl sites for hydroxylation is 1. The lowest BCUT2D eigenvalue weighted by Gasteiger charge is -2.01. The molecule has 1 aromatic rings. The number of benzene rings is 1. The van der Waals surface area contributed by atoms with Gasteiger partial charge >= 0.3 is 5.69 Å². The topological polar surface area (TPSA) is 43.1 Å². The van der Waals surface area contributed by atoms with Gasteiger partial charge in [0.15, 0.2) is 0 Å². The summed E-state index contributed by atoms with van der Waals surface area (Å²) in [6.45, 7) is 0. The van der Waals surface area contributed by atoms with Gasteiger partial charge in [0.05, 0.1) is 11.0 Å². The highest BCUT2D eigenvalue weighted by Gasteiger charge is 2.17. The zero-order chi connectivity index (χ0) is 10.7. The zero-order valence-electron chi connectivity index (χ0n) is 6.97. The van der Waals surface area contributed by atoms with E-state index in [4.69, 9.17) is 0 Å². The Balaban J connectivity index is 3.17. The lowest BCUT2D eigenvalue weighted by molar-refractivity contribution is -0.387. The van der Waals surface area contributed by atoms with Gasteiger partial charge in [0.1, 0.15) is 5.82 Å². The average Bonchev–Trinajstić information content (AvgIpc) is 2.10. The monoisotopic (exact) mass is 265 g/mol. The summed E-state index contributed by atoms with van der Waals surface area (Å²) in [6.07, 6.45) is 0.292. The molecule has 76 valence electrons. The van der Waals surface area contributed by atoms with Gasteiger partial charge in [-0.05, 0) is 18.1 Å². The number of rotatable bonds is 3. The summed E-state index contributed by atoms with van der Waals surface area (Å²) >= 11 is 3.07. The maximum Gasteiger partial charge on any atom is 0.307 e. The Morgan fingerprint density at radius 3 is 2.50 bits per heavy atom. The van der Waals surface area contributed by atoms with Crippen LogP contribution < -0.4 is 0 Å². The highest BCUT2D eigenvalue weighted by Crippen LogP contribution is 2.21. The molecule has 3 nitrogen and oxygen atoms in total. The largest absolute Gasteiger partial charge is 0.307 e. The standard InChI is InChI=1S/C8H6BrF2NO2/c9-2-1-5-3-7(11)8(12(13)14)4-6(5)10/h3-4H,1-2H2. The first-order chi connectivity index (χ1) is 6.56. The third-order valence-corrected chi connectivity index (χ3v) is 2.07. The Labute approximate surface area is 87.0 Å². The summed E-state index contributed by atoms with van der Waals surface area (Å²) in [6, 6.07) is 1.46. The van der Waals surface area contributed by atoms with Crippen molar-refractivity contribution in [3.8, 4) is 0 Å². The molecule has 0 aliphatic heterocycles. The van der Waals surface area contributed by atoms with Gasteiger partial charge in [-0.2, -0.15) is 4.39 Å². The molecule has 1 rings (SSSR count). The van der Waals surface area contributed by atoms with Crippen molar-refractivity contribution in [3.05, 3.63) is 39.4 Å². The smallest absolute Gasteiger partial charge is 0.258 e. The first-order valence-electron chi connectivity index (χ1n) is 3.74. The van der Waals surface area contributed by atoms with Crippen LogP contribution in [0.2, 0.25) is 0 Å². The lowest BCUT2D eigenvalue weighted by Crippen LogP contribution is -1.98. The van der Waals surface area contributed by atoms with Crippen molar-refractivity contribution in [2.45, 2.75) is 6.42 Å². The third-order valence-electron chi connectivity index (χ3n) is 1.68. The van der Waals surface area contributed by atoms with Crippen LogP contribution in [0, 0.1) is 21.7 Å². The van der Waals surface area contributed by atoms with E-state index in [-0.39, 0.29) is 5.56 Å². The van der Waals surface area contributed by atoms with Gasteiger partial charge < -0.3 is 0 Å². The van der Waals surface area contributed by atoms with E-state index < -0.39 is 22.2 Å². The highest BCUT2D eigenvalue weighted by molar-refractivity contribution is 9.09. The molecule has 0 radical (unpaired) electrons. The normalized spacial score (nSPS) is 10.2. The summed E-state index contributed by atoms with van der Waals surface area (Å²) in [5.74, 6) is -1.76. The number of halogens is 3. The average molecular weight is 266 g/mol. The van der Waals surface area contributed by atoms with Crippen molar-refractivity contribution in [2.75, 3.05) is 5.33 Å². The van der Waals surface area contributed by atoms with E-state index >= 15 is 0 Å². The van der Waals surface area contributed by atoms with Crippen molar-refractivity contribution >= 4 is 21.6 Å². The molecule has 0 saturated heterocycles. The quantitative estimate of drug-likeness (QED) is 0.479. The van der Waals surface area contributed by atoms with E-state index in [9.17, 15) is 18.9 Å². The Kier molecular flexibility index (Phi) is 3.51. The van der Waals surface area contributed by atoms with Gasteiger partial charge in [-0.3, -0.25) is 10.1 Å². The second-order valence-corrected chi connectivity index (χ2v) is 3.38. The highest BCUT2D eigenvalue weighted by atomic mass is 79.9. The molecule has 14 heavy (non-hydrogen) atoms. The minimum Gasteiger partial charge on any atom is -0.258 e. The summed E-state index contributed by atoms with van der Waals surface area (Å²) in [4.78, 5) is 9.28. The molecule has 0 N–H and O–H groups in total. The second kappa shape index (κ2) is 4.45. The molecule has 0 bridgehead atoms. The molecule has 0 saturated carbocycles. The maximum atomic E-state index is 13.1. The maximum absolute atomic E-state index is 13.1. The van der Waals surface area contributed by atoms with Crippen LogP contribution in [-0.2, 0) is 6.42 Å². The van der Waals surface area contributed by atoms with E-state index in [0.717, 1.165) is 6.07 Å².